The van der Waals surface area contributed by atoms with Crippen LogP contribution in [-0.2, 0) is 0 Å². The largest absolute Gasteiger partial charge is 0.330 e. The van der Waals surface area contributed by atoms with Crippen LogP contribution in [0, 0.1) is 17.7 Å². The Hall–Kier alpha value is -1.29. The Balaban J connectivity index is 2.87. The first-order valence-corrected chi connectivity index (χ1v) is 5.40. The van der Waals surface area contributed by atoms with E-state index in [9.17, 15) is 9.18 Å². The van der Waals surface area contributed by atoms with Gasteiger partial charge in [-0.1, -0.05) is 13.8 Å². The quantitative estimate of drug-likeness (QED) is 0.778. The van der Waals surface area contributed by atoms with E-state index in [1.165, 1.54) is 12.3 Å². The van der Waals surface area contributed by atoms with E-state index in [1.807, 2.05) is 13.8 Å². The van der Waals surface area contributed by atoms with E-state index in [1.54, 1.807) is 0 Å². The van der Waals surface area contributed by atoms with Gasteiger partial charge >= 0.3 is 0 Å². The molecule has 0 aliphatic heterocycles. The average Bonchev–Trinajstić information content (AvgIpc) is 2.25. The van der Waals surface area contributed by atoms with Gasteiger partial charge in [0, 0.05) is 18.7 Å². The van der Waals surface area contributed by atoms with E-state index in [0.717, 1.165) is 6.20 Å². The monoisotopic (exact) mass is 224 g/mol. The summed E-state index contributed by atoms with van der Waals surface area (Å²) in [5, 5.41) is 0. The van der Waals surface area contributed by atoms with Crippen LogP contribution < -0.4 is 5.73 Å². The lowest BCUT2D eigenvalue weighted by Gasteiger charge is -2.15. The summed E-state index contributed by atoms with van der Waals surface area (Å²) in [5.41, 5.74) is 5.64. The molecule has 0 saturated heterocycles. The second-order valence-electron chi connectivity index (χ2n) is 4.28. The lowest BCUT2D eigenvalue weighted by molar-refractivity contribution is 0.0904. The average molecular weight is 224 g/mol. The normalized spacial score (nSPS) is 12.8. The van der Waals surface area contributed by atoms with E-state index in [2.05, 4.69) is 4.98 Å². The summed E-state index contributed by atoms with van der Waals surface area (Å²) in [6.07, 6.45) is 3.15. The zero-order chi connectivity index (χ0) is 12.1. The van der Waals surface area contributed by atoms with Crippen molar-refractivity contribution in [1.82, 2.24) is 4.98 Å². The van der Waals surface area contributed by atoms with Crippen LogP contribution in [0.15, 0.2) is 18.5 Å². The maximum Gasteiger partial charge on any atom is 0.170 e. The summed E-state index contributed by atoms with van der Waals surface area (Å²) in [7, 11) is 0. The first-order chi connectivity index (χ1) is 7.56. The smallest absolute Gasteiger partial charge is 0.170 e. The van der Waals surface area contributed by atoms with Crippen LogP contribution >= 0.6 is 0 Å². The predicted octanol–water partition coefficient (Wildman–Crippen LogP) is 2.02. The molecule has 0 fully saturated rings. The van der Waals surface area contributed by atoms with E-state index in [-0.39, 0.29) is 23.8 Å². The van der Waals surface area contributed by atoms with Crippen molar-refractivity contribution in [2.75, 3.05) is 6.54 Å². The molecule has 1 aromatic rings. The fraction of sp³-hybridized carbons (Fsp3) is 0.500. The van der Waals surface area contributed by atoms with Crippen LogP contribution in [0.1, 0.15) is 30.6 Å². The van der Waals surface area contributed by atoms with Crippen molar-refractivity contribution in [3.8, 4) is 0 Å². The molecule has 0 aliphatic rings. The minimum Gasteiger partial charge on any atom is -0.330 e. The molecule has 0 aliphatic carbocycles. The third-order valence-corrected chi connectivity index (χ3v) is 2.45. The Bertz CT molecular complexity index is 366. The van der Waals surface area contributed by atoms with E-state index in [4.69, 9.17) is 5.73 Å². The molecule has 0 amide bonds. The molecule has 88 valence electrons. The number of pyridine rings is 1. The Morgan fingerprint density at radius 3 is 2.75 bits per heavy atom. The predicted molar refractivity (Wildman–Crippen MR) is 60.5 cm³/mol. The van der Waals surface area contributed by atoms with Gasteiger partial charge in [0.1, 0.15) is 0 Å². The molecule has 4 heteroatoms. The van der Waals surface area contributed by atoms with E-state index < -0.39 is 5.82 Å². The topological polar surface area (TPSA) is 56.0 Å². The molecule has 0 aromatic carbocycles. The van der Waals surface area contributed by atoms with Crippen molar-refractivity contribution in [2.45, 2.75) is 20.3 Å². The number of halogens is 1. The van der Waals surface area contributed by atoms with Crippen molar-refractivity contribution in [1.29, 1.82) is 0 Å². The number of nitrogens with two attached hydrogens (primary N) is 1. The molecule has 0 bridgehead atoms. The van der Waals surface area contributed by atoms with Crippen LogP contribution in [0.5, 0.6) is 0 Å². The molecule has 16 heavy (non-hydrogen) atoms. The number of Topliss-reactive ketones (excluding diaryl/α,β-unsaturated/α-hetero) is 1. The maximum absolute atomic E-state index is 13.4. The van der Waals surface area contributed by atoms with Crippen molar-refractivity contribution in [3.63, 3.8) is 0 Å². The molecular formula is C12H17FN2O. The number of hydrogen-bond acceptors (Lipinski definition) is 3. The van der Waals surface area contributed by atoms with Gasteiger partial charge in [0.05, 0.1) is 11.8 Å². The standard InChI is InChI=1S/C12H17FN2O/c1-8(2)5-9(6-14)12(16)10-3-4-15-7-11(10)13/h3-4,7-9H,5-6,14H2,1-2H3. The van der Waals surface area contributed by atoms with Crippen LogP contribution in [0.4, 0.5) is 4.39 Å². The lowest BCUT2D eigenvalue weighted by Crippen LogP contribution is -2.26. The summed E-state index contributed by atoms with van der Waals surface area (Å²) in [5.74, 6) is -0.745. The van der Waals surface area contributed by atoms with Crippen molar-refractivity contribution >= 4 is 5.78 Å². The Labute approximate surface area is 94.9 Å². The summed E-state index contributed by atoms with van der Waals surface area (Å²) >= 11 is 0. The molecule has 0 spiro atoms. The number of hydrogen-bond donors (Lipinski definition) is 1. The minimum absolute atomic E-state index is 0.0890. The highest BCUT2D eigenvalue weighted by Gasteiger charge is 2.22. The molecular weight excluding hydrogens is 207 g/mol. The van der Waals surface area contributed by atoms with Gasteiger partial charge in [-0.15, -0.1) is 0 Å². The number of aromatic nitrogens is 1. The van der Waals surface area contributed by atoms with Crippen LogP contribution in [0.3, 0.4) is 0 Å². The summed E-state index contributed by atoms with van der Waals surface area (Å²) < 4.78 is 13.4. The molecule has 3 nitrogen and oxygen atoms in total. The summed E-state index contributed by atoms with van der Waals surface area (Å²) in [6, 6.07) is 1.40. The molecule has 1 heterocycles. The Kier molecular flexibility index (Phi) is 4.55. The number of nitrogens with zero attached hydrogens (tertiary/aromatic N) is 1. The zero-order valence-electron chi connectivity index (χ0n) is 9.61. The number of rotatable bonds is 5. The van der Waals surface area contributed by atoms with Gasteiger partial charge in [0.25, 0.3) is 0 Å². The van der Waals surface area contributed by atoms with Crippen LogP contribution in [0.2, 0.25) is 0 Å². The van der Waals surface area contributed by atoms with Gasteiger partial charge in [-0.25, -0.2) is 4.39 Å². The van der Waals surface area contributed by atoms with Gasteiger partial charge in [-0.3, -0.25) is 9.78 Å². The van der Waals surface area contributed by atoms with Gasteiger partial charge in [0.15, 0.2) is 11.6 Å². The van der Waals surface area contributed by atoms with Gasteiger partial charge < -0.3 is 5.73 Å². The molecule has 1 atom stereocenters. The fourth-order valence-electron chi connectivity index (χ4n) is 1.67. The van der Waals surface area contributed by atoms with Gasteiger partial charge in [-0.05, 0) is 18.4 Å². The third-order valence-electron chi connectivity index (χ3n) is 2.45. The molecule has 0 saturated carbocycles. The Morgan fingerprint density at radius 2 is 2.25 bits per heavy atom. The van der Waals surface area contributed by atoms with Crippen molar-refractivity contribution in [2.24, 2.45) is 17.6 Å². The van der Waals surface area contributed by atoms with Crippen LogP contribution in [-0.4, -0.2) is 17.3 Å². The molecule has 0 radical (unpaired) electrons. The number of ketones is 1. The highest BCUT2D eigenvalue weighted by atomic mass is 19.1. The van der Waals surface area contributed by atoms with Crippen molar-refractivity contribution in [3.05, 3.63) is 29.8 Å². The van der Waals surface area contributed by atoms with Crippen molar-refractivity contribution < 1.29 is 9.18 Å². The highest BCUT2D eigenvalue weighted by molar-refractivity contribution is 5.98. The molecule has 1 rings (SSSR count). The lowest BCUT2D eigenvalue weighted by atomic mass is 9.90. The number of carbonyl (C=O) groups is 1. The van der Waals surface area contributed by atoms with Gasteiger partial charge in [0.2, 0.25) is 0 Å². The van der Waals surface area contributed by atoms with Crippen LogP contribution in [0.25, 0.3) is 0 Å². The molecule has 2 N–H and O–H groups in total. The second-order valence-corrected chi connectivity index (χ2v) is 4.28. The second kappa shape index (κ2) is 5.70. The van der Waals surface area contributed by atoms with E-state index in [0.29, 0.717) is 12.3 Å². The third kappa shape index (κ3) is 3.10. The first-order valence-electron chi connectivity index (χ1n) is 5.40. The first kappa shape index (κ1) is 12.8. The number of carbonyl (C=O) groups excluding carboxylic acids is 1. The SMILES string of the molecule is CC(C)CC(CN)C(=O)c1ccncc1F. The highest BCUT2D eigenvalue weighted by Crippen LogP contribution is 2.17. The molecule has 1 aromatic heterocycles. The van der Waals surface area contributed by atoms with E-state index >= 15 is 0 Å². The summed E-state index contributed by atoms with van der Waals surface area (Å²) in [4.78, 5) is 15.6. The zero-order valence-corrected chi connectivity index (χ0v) is 9.61. The maximum atomic E-state index is 13.4. The minimum atomic E-state index is -0.574. The fourth-order valence-corrected chi connectivity index (χ4v) is 1.67. The molecule has 1 unspecified atom stereocenters. The van der Waals surface area contributed by atoms with Gasteiger partial charge in [-0.2, -0.15) is 0 Å². The summed E-state index contributed by atoms with van der Waals surface area (Å²) in [6.45, 7) is 4.27. The Morgan fingerprint density at radius 1 is 1.56 bits per heavy atom.